The Morgan fingerprint density at radius 2 is 1.41 bits per heavy atom. The van der Waals surface area contributed by atoms with Crippen molar-refractivity contribution in [2.75, 3.05) is 13.6 Å². The Labute approximate surface area is 293 Å². The molecule has 0 aromatic heterocycles. The summed E-state index contributed by atoms with van der Waals surface area (Å²) in [5, 5.41) is 26.4. The fourth-order valence-corrected chi connectivity index (χ4v) is 6.26. The second-order valence-electron chi connectivity index (χ2n) is 11.9. The van der Waals surface area contributed by atoms with E-state index in [1.54, 1.807) is 37.4 Å². The van der Waals surface area contributed by atoms with Crippen LogP contribution in [0.5, 0.6) is 0 Å². The van der Waals surface area contributed by atoms with Gasteiger partial charge in [0.15, 0.2) is 6.29 Å². The van der Waals surface area contributed by atoms with Crippen molar-refractivity contribution in [3.63, 3.8) is 0 Å². The number of hydrogen-bond donors (Lipinski definition) is 2. The third-order valence-electron chi connectivity index (χ3n) is 8.75. The number of esters is 1. The average Bonchev–Trinajstić information content (AvgIpc) is 3.17. The van der Waals surface area contributed by atoms with Crippen molar-refractivity contribution in [3.8, 4) is 0 Å². The molecule has 0 amide bonds. The van der Waals surface area contributed by atoms with Gasteiger partial charge in [0, 0.05) is 20.8 Å². The Kier molecular flexibility index (Phi) is 13.6. The smallest absolute Gasteiger partial charge is 0.338 e. The number of carbonyl (C=O) groups is 1. The maximum Gasteiger partial charge on any atom is 0.338 e. The summed E-state index contributed by atoms with van der Waals surface area (Å²) >= 11 is 0. The van der Waals surface area contributed by atoms with Gasteiger partial charge in [-0.15, -0.1) is 0 Å². The second kappa shape index (κ2) is 18.7. The molecule has 5 rings (SSSR count). The van der Waals surface area contributed by atoms with Crippen LogP contribution in [-0.4, -0.2) is 85.7 Å². The summed E-state index contributed by atoms with van der Waals surface area (Å²) < 4.78 is 31.3. The molecule has 1 saturated carbocycles. The fourth-order valence-electron chi connectivity index (χ4n) is 6.26. The summed E-state index contributed by atoms with van der Waals surface area (Å²) in [4.78, 5) is 22.0. The highest BCUT2D eigenvalue weighted by Crippen LogP contribution is 2.35. The van der Waals surface area contributed by atoms with E-state index >= 15 is 0 Å². The van der Waals surface area contributed by atoms with E-state index in [9.17, 15) is 26.5 Å². The lowest BCUT2D eigenvalue weighted by Gasteiger charge is -2.48. The lowest BCUT2D eigenvalue weighted by Crippen LogP contribution is -2.65. The third kappa shape index (κ3) is 9.54. The number of benzene rings is 3. The highest BCUT2D eigenvalue weighted by Gasteiger charge is 2.52. The van der Waals surface area contributed by atoms with Crippen LogP contribution in [0.4, 0.5) is 0 Å². The number of likely N-dealkylation sites (N-methyl/N-ethyl adjacent to an activating group) is 1. The monoisotopic (exact) mass is 698 g/mol. The molecule has 3 aromatic rings. The van der Waals surface area contributed by atoms with Crippen LogP contribution in [-0.2, 0) is 36.9 Å². The van der Waals surface area contributed by atoms with E-state index in [0.717, 1.165) is 11.1 Å². The normalized spacial score (nSPS) is 28.7. The van der Waals surface area contributed by atoms with E-state index in [1.807, 2.05) is 60.7 Å². The summed E-state index contributed by atoms with van der Waals surface area (Å²) in [5.74, 6) is -0.677. The standard InChI is InChI=1S/C34H38N10O7/c1-38-24-17-25(40-43-36)30(28(45)29(24)50-33(46)23-15-9-4-10-16-23)51-34-27(41-44-37)32(48-20-22-13-7-3-8-14-22)31(26(49-34)18-39-42-35)47-19-21-11-5-2-6-12-21/h2-16,24-32,34,38,45H,17-20H2,1H3/t24-,25?,26?,27?,28-,29?,30+,31+,32-,34+/m1/s1. The van der Waals surface area contributed by atoms with Gasteiger partial charge >= 0.3 is 5.97 Å². The maximum absolute atomic E-state index is 13.1. The van der Waals surface area contributed by atoms with Gasteiger partial charge in [-0.1, -0.05) is 94.2 Å². The van der Waals surface area contributed by atoms with E-state index < -0.39 is 67.0 Å². The summed E-state index contributed by atoms with van der Waals surface area (Å²) in [6.07, 6.45) is -8.23. The van der Waals surface area contributed by atoms with Gasteiger partial charge in [0.25, 0.3) is 0 Å². The predicted molar refractivity (Wildman–Crippen MR) is 183 cm³/mol. The van der Waals surface area contributed by atoms with E-state index in [2.05, 4.69) is 35.4 Å². The van der Waals surface area contributed by atoms with Gasteiger partial charge in [0.1, 0.15) is 30.5 Å². The van der Waals surface area contributed by atoms with Crippen LogP contribution >= 0.6 is 0 Å². The molecule has 2 N–H and O–H groups in total. The van der Waals surface area contributed by atoms with Crippen LogP contribution in [0.2, 0.25) is 0 Å². The number of rotatable bonds is 15. The SMILES string of the molecule is CN[C@@H]1CC(N=[N+]=[N-])[C@H](O[C@@H]2OC(CN=[N+]=[N-])[C@H](OCc3ccccc3)[C@H](OCc3ccccc3)C2N=[N+]=[N-])[C@H](O)C1OC(=O)c1ccccc1. The Hall–Kier alpha value is -5.18. The molecular formula is C34H38N10O7. The van der Waals surface area contributed by atoms with Gasteiger partial charge < -0.3 is 34.1 Å². The highest BCUT2D eigenvalue weighted by atomic mass is 16.7. The lowest BCUT2D eigenvalue weighted by atomic mass is 9.83. The molecule has 0 spiro atoms. The van der Waals surface area contributed by atoms with Crippen molar-refractivity contribution < 1.29 is 33.6 Å². The zero-order valence-corrected chi connectivity index (χ0v) is 27.7. The van der Waals surface area contributed by atoms with Crippen molar-refractivity contribution in [2.45, 2.75) is 80.7 Å². The molecule has 4 unspecified atom stereocenters. The minimum Gasteiger partial charge on any atom is -0.454 e. The molecule has 266 valence electrons. The third-order valence-corrected chi connectivity index (χ3v) is 8.75. The van der Waals surface area contributed by atoms with E-state index in [-0.39, 0.29) is 31.7 Å². The zero-order valence-electron chi connectivity index (χ0n) is 27.7. The molecule has 3 aromatic carbocycles. The number of aliphatic hydroxyl groups is 1. The van der Waals surface area contributed by atoms with Crippen LogP contribution in [0.3, 0.4) is 0 Å². The quantitative estimate of drug-likeness (QED) is 0.0884. The Bertz CT molecular complexity index is 1710. The van der Waals surface area contributed by atoms with Crippen molar-refractivity contribution in [1.82, 2.24) is 5.32 Å². The number of aliphatic hydroxyl groups excluding tert-OH is 1. The van der Waals surface area contributed by atoms with E-state index in [1.165, 1.54) is 0 Å². The summed E-state index contributed by atoms with van der Waals surface area (Å²) in [6, 6.07) is 24.1. The first-order valence-corrected chi connectivity index (χ1v) is 16.3. The molecule has 2 fully saturated rings. The van der Waals surface area contributed by atoms with Gasteiger partial charge in [-0.25, -0.2) is 4.79 Å². The molecule has 1 heterocycles. The first-order chi connectivity index (χ1) is 25.0. The summed E-state index contributed by atoms with van der Waals surface area (Å²) in [5.41, 5.74) is 30.4. The van der Waals surface area contributed by atoms with Gasteiger partial charge in [0.2, 0.25) is 0 Å². The van der Waals surface area contributed by atoms with Crippen LogP contribution in [0, 0.1) is 0 Å². The molecule has 1 aliphatic heterocycles. The number of carbonyl (C=O) groups excluding carboxylic acids is 1. The molecule has 2 aliphatic rings. The van der Waals surface area contributed by atoms with Crippen molar-refractivity contribution in [1.29, 1.82) is 0 Å². The van der Waals surface area contributed by atoms with E-state index in [0.29, 0.717) is 0 Å². The van der Waals surface area contributed by atoms with Crippen LogP contribution in [0.1, 0.15) is 27.9 Å². The largest absolute Gasteiger partial charge is 0.454 e. The van der Waals surface area contributed by atoms with Gasteiger partial charge in [-0.2, -0.15) is 0 Å². The Morgan fingerprint density at radius 1 is 0.824 bits per heavy atom. The van der Waals surface area contributed by atoms with Gasteiger partial charge in [-0.05, 0) is 53.3 Å². The first kappa shape index (κ1) is 37.1. The molecule has 0 radical (unpaired) electrons. The highest BCUT2D eigenvalue weighted by molar-refractivity contribution is 5.89. The maximum atomic E-state index is 13.1. The zero-order chi connectivity index (χ0) is 36.0. The average molecular weight is 699 g/mol. The van der Waals surface area contributed by atoms with Crippen molar-refractivity contribution in [3.05, 3.63) is 139 Å². The van der Waals surface area contributed by atoms with Gasteiger partial charge in [0.05, 0.1) is 43.6 Å². The van der Waals surface area contributed by atoms with Crippen molar-refractivity contribution in [2.24, 2.45) is 15.3 Å². The fraction of sp³-hybridized carbons (Fsp3) is 0.441. The summed E-state index contributed by atoms with van der Waals surface area (Å²) in [7, 11) is 1.63. The number of nitrogens with one attached hydrogen (secondary N) is 1. The molecule has 17 heteroatoms. The number of azide groups is 3. The minimum atomic E-state index is -1.54. The van der Waals surface area contributed by atoms with Crippen LogP contribution in [0.25, 0.3) is 31.3 Å². The number of hydrogen-bond acceptors (Lipinski definition) is 11. The second-order valence-corrected chi connectivity index (χ2v) is 11.9. The Balaban J connectivity index is 1.48. The number of ether oxygens (including phenoxy) is 5. The molecule has 10 atom stereocenters. The molecule has 17 nitrogen and oxygen atoms in total. The van der Waals surface area contributed by atoms with Crippen LogP contribution in [0.15, 0.2) is 106 Å². The predicted octanol–water partition coefficient (Wildman–Crippen LogP) is 5.51. The van der Waals surface area contributed by atoms with Crippen LogP contribution < -0.4 is 5.32 Å². The molecule has 1 aliphatic carbocycles. The lowest BCUT2D eigenvalue weighted by molar-refractivity contribution is -0.300. The molecular weight excluding hydrogens is 660 g/mol. The number of nitrogens with zero attached hydrogens (tertiary/aromatic N) is 9. The molecule has 0 bridgehead atoms. The van der Waals surface area contributed by atoms with E-state index in [4.69, 9.17) is 23.7 Å². The topological polar surface area (TPSA) is 242 Å². The first-order valence-electron chi connectivity index (χ1n) is 16.3. The Morgan fingerprint density at radius 3 is 1.98 bits per heavy atom. The molecule has 1 saturated heterocycles. The minimum absolute atomic E-state index is 0.0872. The molecule has 51 heavy (non-hydrogen) atoms. The summed E-state index contributed by atoms with van der Waals surface area (Å²) in [6.45, 7) is 0.00151. The van der Waals surface area contributed by atoms with Gasteiger partial charge in [-0.3, -0.25) is 0 Å². The van der Waals surface area contributed by atoms with Crippen molar-refractivity contribution >= 4 is 5.97 Å².